The van der Waals surface area contributed by atoms with Crippen LogP contribution in [0.25, 0.3) is 0 Å². The van der Waals surface area contributed by atoms with E-state index in [9.17, 15) is 0 Å². The van der Waals surface area contributed by atoms with E-state index in [1.807, 2.05) is 26.0 Å². The van der Waals surface area contributed by atoms with Crippen LogP contribution in [0, 0.1) is 0 Å². The first-order valence-corrected chi connectivity index (χ1v) is 5.76. The molecule has 0 atom stereocenters. The van der Waals surface area contributed by atoms with Gasteiger partial charge < -0.3 is 15.8 Å². The number of nitrogens with two attached hydrogens (primary N) is 1. The normalized spacial score (nSPS) is 10.7. The first kappa shape index (κ1) is 12.8. The molecule has 4 heteroatoms. The predicted octanol–water partition coefficient (Wildman–Crippen LogP) is 2.28. The number of anilines is 2. The molecule has 0 amide bonds. The molecular weight excluding hydrogens is 202 g/mol. The SMILES string of the molecule is CC(C)OCCCCNc1ncccc1N. The highest BCUT2D eigenvalue weighted by Crippen LogP contribution is 2.12. The minimum Gasteiger partial charge on any atom is -0.396 e. The van der Waals surface area contributed by atoms with Gasteiger partial charge in [0.15, 0.2) is 0 Å². The van der Waals surface area contributed by atoms with Crippen molar-refractivity contribution in [2.24, 2.45) is 0 Å². The van der Waals surface area contributed by atoms with Gasteiger partial charge in [0.2, 0.25) is 0 Å². The number of nitrogen functional groups attached to an aromatic ring is 1. The van der Waals surface area contributed by atoms with Gasteiger partial charge in [0.25, 0.3) is 0 Å². The Morgan fingerprint density at radius 2 is 2.25 bits per heavy atom. The van der Waals surface area contributed by atoms with Crippen LogP contribution in [0.3, 0.4) is 0 Å². The molecule has 0 radical (unpaired) electrons. The molecule has 0 saturated heterocycles. The van der Waals surface area contributed by atoms with E-state index in [2.05, 4.69) is 10.3 Å². The summed E-state index contributed by atoms with van der Waals surface area (Å²) in [5, 5.41) is 3.21. The smallest absolute Gasteiger partial charge is 0.149 e. The van der Waals surface area contributed by atoms with E-state index >= 15 is 0 Å². The van der Waals surface area contributed by atoms with Crippen LogP contribution in [-0.2, 0) is 4.74 Å². The molecule has 0 aliphatic heterocycles. The van der Waals surface area contributed by atoms with Crippen LogP contribution in [0.2, 0.25) is 0 Å². The second-order valence-corrected chi connectivity index (χ2v) is 3.99. The number of pyridine rings is 1. The highest BCUT2D eigenvalue weighted by molar-refractivity contribution is 5.60. The molecule has 0 saturated carbocycles. The van der Waals surface area contributed by atoms with Crippen LogP contribution in [0.15, 0.2) is 18.3 Å². The maximum absolute atomic E-state index is 5.75. The molecule has 0 fully saturated rings. The van der Waals surface area contributed by atoms with Crippen molar-refractivity contribution in [2.45, 2.75) is 32.8 Å². The maximum atomic E-state index is 5.75. The van der Waals surface area contributed by atoms with Crippen molar-refractivity contribution in [3.63, 3.8) is 0 Å². The van der Waals surface area contributed by atoms with Gasteiger partial charge in [0, 0.05) is 19.3 Å². The summed E-state index contributed by atoms with van der Waals surface area (Å²) < 4.78 is 5.45. The number of nitrogens with zero attached hydrogens (tertiary/aromatic N) is 1. The second kappa shape index (κ2) is 7.06. The number of rotatable bonds is 7. The van der Waals surface area contributed by atoms with Gasteiger partial charge in [0.05, 0.1) is 11.8 Å². The summed E-state index contributed by atoms with van der Waals surface area (Å²) in [6.07, 6.45) is 4.17. The highest BCUT2D eigenvalue weighted by atomic mass is 16.5. The van der Waals surface area contributed by atoms with Crippen molar-refractivity contribution < 1.29 is 4.74 Å². The minimum absolute atomic E-state index is 0.319. The second-order valence-electron chi connectivity index (χ2n) is 3.99. The Balaban J connectivity index is 2.10. The van der Waals surface area contributed by atoms with Crippen LogP contribution in [0.1, 0.15) is 26.7 Å². The monoisotopic (exact) mass is 223 g/mol. The zero-order chi connectivity index (χ0) is 11.8. The lowest BCUT2D eigenvalue weighted by Crippen LogP contribution is -2.08. The summed E-state index contributed by atoms with van der Waals surface area (Å²) in [5.74, 6) is 0.771. The van der Waals surface area contributed by atoms with Crippen LogP contribution in [0.4, 0.5) is 11.5 Å². The number of hydrogen-bond donors (Lipinski definition) is 2. The first-order valence-electron chi connectivity index (χ1n) is 5.76. The molecule has 16 heavy (non-hydrogen) atoms. The largest absolute Gasteiger partial charge is 0.396 e. The molecule has 1 heterocycles. The fourth-order valence-electron chi connectivity index (χ4n) is 1.32. The number of unbranched alkanes of at least 4 members (excludes halogenated alkanes) is 1. The van der Waals surface area contributed by atoms with Crippen LogP contribution in [0.5, 0.6) is 0 Å². The summed E-state index contributed by atoms with van der Waals surface area (Å²) in [6, 6.07) is 3.67. The van der Waals surface area contributed by atoms with E-state index in [1.165, 1.54) is 0 Å². The third-order valence-corrected chi connectivity index (χ3v) is 2.15. The average Bonchev–Trinajstić information content (AvgIpc) is 2.25. The van der Waals surface area contributed by atoms with Crippen molar-refractivity contribution in [3.8, 4) is 0 Å². The molecule has 0 aliphatic carbocycles. The van der Waals surface area contributed by atoms with Crippen LogP contribution >= 0.6 is 0 Å². The fourth-order valence-corrected chi connectivity index (χ4v) is 1.32. The van der Waals surface area contributed by atoms with Crippen molar-refractivity contribution in [1.29, 1.82) is 0 Å². The van der Waals surface area contributed by atoms with Crippen LogP contribution in [-0.4, -0.2) is 24.2 Å². The molecule has 0 unspecified atom stereocenters. The standard InChI is InChI=1S/C12H21N3O/c1-10(2)16-9-4-3-7-14-12-11(13)6-5-8-15-12/h5-6,8,10H,3-4,7,9,13H2,1-2H3,(H,14,15). The summed E-state index contributed by atoms with van der Waals surface area (Å²) in [5.41, 5.74) is 6.45. The highest BCUT2D eigenvalue weighted by Gasteiger charge is 1.97. The number of ether oxygens (including phenoxy) is 1. The molecule has 0 aliphatic rings. The van der Waals surface area contributed by atoms with E-state index in [0.29, 0.717) is 11.8 Å². The topological polar surface area (TPSA) is 60.2 Å². The van der Waals surface area contributed by atoms with Gasteiger partial charge >= 0.3 is 0 Å². The number of aromatic nitrogens is 1. The Labute approximate surface area is 97.2 Å². The molecule has 0 aromatic carbocycles. The van der Waals surface area contributed by atoms with Crippen molar-refractivity contribution in [2.75, 3.05) is 24.2 Å². The average molecular weight is 223 g/mol. The lowest BCUT2D eigenvalue weighted by molar-refractivity contribution is 0.0765. The molecule has 1 rings (SSSR count). The first-order chi connectivity index (χ1) is 7.70. The summed E-state index contributed by atoms with van der Waals surface area (Å²) in [6.45, 7) is 5.79. The summed E-state index contributed by atoms with van der Waals surface area (Å²) in [4.78, 5) is 4.16. The zero-order valence-corrected chi connectivity index (χ0v) is 10.1. The van der Waals surface area contributed by atoms with Gasteiger partial charge in [0.1, 0.15) is 5.82 Å². The van der Waals surface area contributed by atoms with E-state index in [-0.39, 0.29) is 0 Å². The van der Waals surface area contributed by atoms with E-state index in [1.54, 1.807) is 6.20 Å². The predicted molar refractivity (Wildman–Crippen MR) is 67.5 cm³/mol. The fraction of sp³-hybridized carbons (Fsp3) is 0.583. The molecule has 1 aromatic rings. The third-order valence-electron chi connectivity index (χ3n) is 2.15. The Bertz CT molecular complexity index is 302. The summed E-state index contributed by atoms with van der Waals surface area (Å²) in [7, 11) is 0. The van der Waals surface area contributed by atoms with Gasteiger partial charge in [-0.1, -0.05) is 0 Å². The number of nitrogens with one attached hydrogen (secondary N) is 1. The zero-order valence-electron chi connectivity index (χ0n) is 10.1. The molecule has 4 nitrogen and oxygen atoms in total. The van der Waals surface area contributed by atoms with Gasteiger partial charge in [-0.3, -0.25) is 0 Å². The van der Waals surface area contributed by atoms with Crippen LogP contribution < -0.4 is 11.1 Å². The Hall–Kier alpha value is -1.29. The molecular formula is C12H21N3O. The third kappa shape index (κ3) is 4.98. The van der Waals surface area contributed by atoms with Crippen molar-refractivity contribution in [1.82, 2.24) is 4.98 Å². The van der Waals surface area contributed by atoms with E-state index in [0.717, 1.165) is 31.8 Å². The van der Waals surface area contributed by atoms with Gasteiger partial charge in [-0.25, -0.2) is 4.98 Å². The van der Waals surface area contributed by atoms with Crippen molar-refractivity contribution in [3.05, 3.63) is 18.3 Å². The summed E-state index contributed by atoms with van der Waals surface area (Å²) >= 11 is 0. The molecule has 0 bridgehead atoms. The molecule has 3 N–H and O–H groups in total. The van der Waals surface area contributed by atoms with Gasteiger partial charge in [-0.15, -0.1) is 0 Å². The quantitative estimate of drug-likeness (QED) is 0.696. The van der Waals surface area contributed by atoms with E-state index in [4.69, 9.17) is 10.5 Å². The lowest BCUT2D eigenvalue weighted by Gasteiger charge is -2.09. The number of hydrogen-bond acceptors (Lipinski definition) is 4. The van der Waals surface area contributed by atoms with Gasteiger partial charge in [-0.2, -0.15) is 0 Å². The maximum Gasteiger partial charge on any atom is 0.149 e. The Morgan fingerprint density at radius 3 is 2.94 bits per heavy atom. The van der Waals surface area contributed by atoms with Gasteiger partial charge in [-0.05, 0) is 38.8 Å². The minimum atomic E-state index is 0.319. The lowest BCUT2D eigenvalue weighted by atomic mass is 10.3. The van der Waals surface area contributed by atoms with E-state index < -0.39 is 0 Å². The van der Waals surface area contributed by atoms with Crippen molar-refractivity contribution >= 4 is 11.5 Å². The molecule has 1 aromatic heterocycles. The Kier molecular flexibility index (Phi) is 5.64. The molecule has 90 valence electrons. The Morgan fingerprint density at radius 1 is 1.44 bits per heavy atom. The molecule has 0 spiro atoms.